The van der Waals surface area contributed by atoms with E-state index in [9.17, 15) is 4.79 Å². The molecule has 6 heteroatoms. The maximum absolute atomic E-state index is 12.0. The van der Waals surface area contributed by atoms with Gasteiger partial charge in [0.1, 0.15) is 11.5 Å². The molecule has 0 saturated heterocycles. The Morgan fingerprint density at radius 3 is 2.24 bits per heavy atom. The lowest BCUT2D eigenvalue weighted by Gasteiger charge is -2.13. The maximum atomic E-state index is 12.0. The molecule has 0 atom stereocenters. The van der Waals surface area contributed by atoms with Crippen molar-refractivity contribution in [1.82, 2.24) is 0 Å². The number of nitrogens with one attached hydrogen (secondary N) is 2. The SMILES string of the molecule is COc1ccccc1NC(=O)Nc1ccc(Cl)cc1OC. The predicted octanol–water partition coefficient (Wildman–Crippen LogP) is 4.00. The van der Waals surface area contributed by atoms with Crippen LogP contribution in [-0.4, -0.2) is 20.3 Å². The Bertz CT molecular complexity index is 647. The number of carbonyl (C=O) groups is 1. The number of hydrogen-bond acceptors (Lipinski definition) is 3. The summed E-state index contributed by atoms with van der Waals surface area (Å²) in [5.74, 6) is 1.06. The number of hydrogen-bond donors (Lipinski definition) is 2. The fraction of sp³-hybridized carbons (Fsp3) is 0.133. The molecule has 110 valence electrons. The lowest BCUT2D eigenvalue weighted by molar-refractivity contribution is 0.262. The van der Waals surface area contributed by atoms with Gasteiger partial charge in [-0.15, -0.1) is 0 Å². The van der Waals surface area contributed by atoms with Crippen molar-refractivity contribution in [1.29, 1.82) is 0 Å². The fourth-order valence-corrected chi connectivity index (χ4v) is 1.95. The number of methoxy groups -OCH3 is 2. The van der Waals surface area contributed by atoms with Crippen molar-refractivity contribution in [3.05, 3.63) is 47.5 Å². The highest BCUT2D eigenvalue weighted by atomic mass is 35.5. The third-order valence-corrected chi connectivity index (χ3v) is 3.00. The molecule has 0 aliphatic heterocycles. The maximum Gasteiger partial charge on any atom is 0.323 e. The Hall–Kier alpha value is -2.40. The molecular formula is C15H15ClN2O3. The second-order valence-electron chi connectivity index (χ2n) is 4.12. The van der Waals surface area contributed by atoms with E-state index in [-0.39, 0.29) is 0 Å². The molecule has 2 aromatic rings. The first-order valence-electron chi connectivity index (χ1n) is 6.18. The van der Waals surface area contributed by atoms with Crippen LogP contribution in [0, 0.1) is 0 Å². The number of amides is 2. The standard InChI is InChI=1S/C15H15ClN2O3/c1-20-13-6-4-3-5-11(13)17-15(19)18-12-8-7-10(16)9-14(12)21-2/h3-9H,1-2H3,(H2,17,18,19). The first kappa shape index (κ1) is 15.0. The van der Waals surface area contributed by atoms with Gasteiger partial charge >= 0.3 is 6.03 Å². The van der Waals surface area contributed by atoms with Crippen molar-refractivity contribution < 1.29 is 14.3 Å². The normalized spacial score (nSPS) is 9.86. The van der Waals surface area contributed by atoms with E-state index in [4.69, 9.17) is 21.1 Å². The topological polar surface area (TPSA) is 59.6 Å². The van der Waals surface area contributed by atoms with Gasteiger partial charge in [0.25, 0.3) is 0 Å². The van der Waals surface area contributed by atoms with E-state index in [0.717, 1.165) is 0 Å². The number of para-hydroxylation sites is 2. The number of ether oxygens (including phenoxy) is 2. The highest BCUT2D eigenvalue weighted by molar-refractivity contribution is 6.30. The highest BCUT2D eigenvalue weighted by Gasteiger charge is 2.10. The zero-order valence-corrected chi connectivity index (χ0v) is 12.4. The van der Waals surface area contributed by atoms with Gasteiger partial charge in [-0.25, -0.2) is 4.79 Å². The molecule has 2 aromatic carbocycles. The van der Waals surface area contributed by atoms with Gasteiger partial charge in [-0.05, 0) is 24.3 Å². The minimum absolute atomic E-state index is 0.403. The number of urea groups is 1. The number of carbonyl (C=O) groups excluding carboxylic acids is 1. The summed E-state index contributed by atoms with van der Waals surface area (Å²) in [7, 11) is 3.05. The van der Waals surface area contributed by atoms with Crippen LogP contribution in [0.5, 0.6) is 11.5 Å². The third kappa shape index (κ3) is 3.79. The van der Waals surface area contributed by atoms with E-state index >= 15 is 0 Å². The Labute approximate surface area is 127 Å². The number of halogens is 1. The second-order valence-corrected chi connectivity index (χ2v) is 4.56. The first-order valence-corrected chi connectivity index (χ1v) is 6.56. The minimum Gasteiger partial charge on any atom is -0.495 e. The third-order valence-electron chi connectivity index (χ3n) is 2.77. The predicted molar refractivity (Wildman–Crippen MR) is 83.6 cm³/mol. The van der Waals surface area contributed by atoms with Crippen molar-refractivity contribution in [2.45, 2.75) is 0 Å². The largest absolute Gasteiger partial charge is 0.495 e. The average Bonchev–Trinajstić information content (AvgIpc) is 2.49. The zero-order valence-electron chi connectivity index (χ0n) is 11.6. The molecule has 2 N–H and O–H groups in total. The molecule has 0 aromatic heterocycles. The molecule has 2 rings (SSSR count). The van der Waals surface area contributed by atoms with Crippen LogP contribution < -0.4 is 20.1 Å². The molecule has 0 aliphatic carbocycles. The molecule has 21 heavy (non-hydrogen) atoms. The Morgan fingerprint density at radius 1 is 0.952 bits per heavy atom. The molecule has 0 fully saturated rings. The van der Waals surface area contributed by atoms with E-state index in [2.05, 4.69) is 10.6 Å². The molecule has 0 bridgehead atoms. The number of benzene rings is 2. The van der Waals surface area contributed by atoms with Crippen LogP contribution in [0.2, 0.25) is 5.02 Å². The van der Waals surface area contributed by atoms with Crippen molar-refractivity contribution in [3.8, 4) is 11.5 Å². The lowest BCUT2D eigenvalue weighted by atomic mass is 10.3. The Morgan fingerprint density at radius 2 is 1.57 bits per heavy atom. The summed E-state index contributed by atoms with van der Waals surface area (Å²) in [5, 5.41) is 5.94. The summed E-state index contributed by atoms with van der Waals surface area (Å²) in [5.41, 5.74) is 1.10. The lowest BCUT2D eigenvalue weighted by Crippen LogP contribution is -2.20. The van der Waals surface area contributed by atoms with Crippen LogP contribution in [-0.2, 0) is 0 Å². The van der Waals surface area contributed by atoms with Gasteiger partial charge in [0.2, 0.25) is 0 Å². The van der Waals surface area contributed by atoms with Crippen molar-refractivity contribution in [2.24, 2.45) is 0 Å². The van der Waals surface area contributed by atoms with Crippen LogP contribution in [0.4, 0.5) is 16.2 Å². The van der Waals surface area contributed by atoms with Crippen molar-refractivity contribution >= 4 is 29.0 Å². The van der Waals surface area contributed by atoms with Crippen LogP contribution in [0.1, 0.15) is 0 Å². The van der Waals surface area contributed by atoms with E-state index < -0.39 is 6.03 Å². The molecule has 0 unspecified atom stereocenters. The monoisotopic (exact) mass is 306 g/mol. The number of rotatable bonds is 4. The second kappa shape index (κ2) is 6.85. The van der Waals surface area contributed by atoms with E-state index in [0.29, 0.717) is 27.9 Å². The van der Waals surface area contributed by atoms with Crippen molar-refractivity contribution in [3.63, 3.8) is 0 Å². The zero-order chi connectivity index (χ0) is 15.2. The minimum atomic E-state index is -0.403. The van der Waals surface area contributed by atoms with Gasteiger partial charge in [0.15, 0.2) is 0 Å². The molecule has 2 amide bonds. The van der Waals surface area contributed by atoms with E-state index in [1.165, 1.54) is 7.11 Å². The van der Waals surface area contributed by atoms with Gasteiger partial charge in [-0.1, -0.05) is 23.7 Å². The fourth-order valence-electron chi connectivity index (χ4n) is 1.79. The van der Waals surface area contributed by atoms with Crippen LogP contribution >= 0.6 is 11.6 Å². The van der Waals surface area contributed by atoms with Gasteiger partial charge < -0.3 is 20.1 Å². The Kier molecular flexibility index (Phi) is 4.90. The quantitative estimate of drug-likeness (QED) is 0.897. The average molecular weight is 307 g/mol. The molecule has 0 saturated carbocycles. The highest BCUT2D eigenvalue weighted by Crippen LogP contribution is 2.28. The summed E-state index contributed by atoms with van der Waals surface area (Å²) < 4.78 is 10.3. The van der Waals surface area contributed by atoms with Gasteiger partial charge in [0, 0.05) is 11.1 Å². The first-order chi connectivity index (χ1) is 10.1. The molecule has 0 radical (unpaired) electrons. The van der Waals surface area contributed by atoms with E-state index in [1.54, 1.807) is 43.5 Å². The summed E-state index contributed by atoms with van der Waals surface area (Å²) >= 11 is 5.88. The summed E-state index contributed by atoms with van der Waals surface area (Å²) in [4.78, 5) is 12.0. The summed E-state index contributed by atoms with van der Waals surface area (Å²) in [6.07, 6.45) is 0. The van der Waals surface area contributed by atoms with Gasteiger partial charge in [0.05, 0.1) is 25.6 Å². The van der Waals surface area contributed by atoms with Crippen molar-refractivity contribution in [2.75, 3.05) is 24.9 Å². The van der Waals surface area contributed by atoms with Crippen LogP contribution in [0.25, 0.3) is 0 Å². The Balaban J connectivity index is 2.12. The molecule has 0 aliphatic rings. The smallest absolute Gasteiger partial charge is 0.323 e. The van der Waals surface area contributed by atoms with Crippen LogP contribution in [0.3, 0.4) is 0 Å². The molecule has 5 nitrogen and oxygen atoms in total. The summed E-state index contributed by atoms with van der Waals surface area (Å²) in [6.45, 7) is 0. The number of anilines is 2. The van der Waals surface area contributed by atoms with Gasteiger partial charge in [-0.3, -0.25) is 0 Å². The van der Waals surface area contributed by atoms with Gasteiger partial charge in [-0.2, -0.15) is 0 Å². The van der Waals surface area contributed by atoms with Crippen LogP contribution in [0.15, 0.2) is 42.5 Å². The molecular weight excluding hydrogens is 292 g/mol. The summed E-state index contributed by atoms with van der Waals surface area (Å²) in [6, 6.07) is 11.7. The van der Waals surface area contributed by atoms with E-state index in [1.807, 2.05) is 6.07 Å². The molecule has 0 spiro atoms. The molecule has 0 heterocycles.